The van der Waals surface area contributed by atoms with Crippen LogP contribution in [0.3, 0.4) is 0 Å². The van der Waals surface area contributed by atoms with E-state index < -0.39 is 0 Å². The van der Waals surface area contributed by atoms with Gasteiger partial charge in [0.25, 0.3) is 5.91 Å². The minimum atomic E-state index is 0.0751. The van der Waals surface area contributed by atoms with E-state index in [0.29, 0.717) is 29.7 Å². The van der Waals surface area contributed by atoms with Crippen LogP contribution in [-0.2, 0) is 17.8 Å². The van der Waals surface area contributed by atoms with Crippen LogP contribution in [0.1, 0.15) is 36.0 Å². The lowest BCUT2D eigenvalue weighted by atomic mass is 9.93. The lowest BCUT2D eigenvalue weighted by molar-refractivity contribution is -0.128. The molecule has 1 heterocycles. The van der Waals surface area contributed by atoms with Crippen LogP contribution in [0.4, 0.5) is 0 Å². The third kappa shape index (κ3) is 5.95. The molecule has 1 amide bonds. The summed E-state index contributed by atoms with van der Waals surface area (Å²) >= 11 is 12.7. The van der Waals surface area contributed by atoms with Crippen molar-refractivity contribution >= 4 is 34.7 Å². The largest absolute Gasteiger partial charge is 0.493 e. The zero-order valence-electron chi connectivity index (χ0n) is 20.2. The van der Waals surface area contributed by atoms with Gasteiger partial charge in [-0.1, -0.05) is 77.8 Å². The lowest BCUT2D eigenvalue weighted by Crippen LogP contribution is -2.39. The van der Waals surface area contributed by atoms with Crippen molar-refractivity contribution < 1.29 is 9.53 Å². The predicted octanol–water partition coefficient (Wildman–Crippen LogP) is 6.55. The number of ether oxygens (including phenoxy) is 1. The number of carbonyl (C=O) groups excluding carboxylic acids is 1. The molecule has 0 aromatic heterocycles. The molecule has 5 rings (SSSR count). The number of benzene rings is 3. The van der Waals surface area contributed by atoms with Crippen LogP contribution >= 0.6 is 23.2 Å². The van der Waals surface area contributed by atoms with Gasteiger partial charge in [0.1, 0.15) is 5.75 Å². The predicted molar refractivity (Wildman–Crippen MR) is 147 cm³/mol. The van der Waals surface area contributed by atoms with Gasteiger partial charge in [0.15, 0.2) is 0 Å². The van der Waals surface area contributed by atoms with Crippen LogP contribution < -0.4 is 10.1 Å². The molecule has 0 unspecified atom stereocenters. The molecule has 1 fully saturated rings. The van der Waals surface area contributed by atoms with E-state index in [0.717, 1.165) is 60.3 Å². The zero-order chi connectivity index (χ0) is 24.9. The molecule has 0 saturated heterocycles. The SMILES string of the molecule is O=C(C1=C(c2cccc(OCCc3ccccc3)c2)CCNC1)N(Cc1cccc(Cl)c1Cl)C1CC1. The topological polar surface area (TPSA) is 41.6 Å². The minimum Gasteiger partial charge on any atom is -0.493 e. The molecule has 4 nitrogen and oxygen atoms in total. The van der Waals surface area contributed by atoms with E-state index in [4.69, 9.17) is 27.9 Å². The molecule has 2 aliphatic rings. The molecule has 1 saturated carbocycles. The van der Waals surface area contributed by atoms with E-state index in [1.54, 1.807) is 6.07 Å². The maximum absolute atomic E-state index is 13.9. The monoisotopic (exact) mass is 520 g/mol. The summed E-state index contributed by atoms with van der Waals surface area (Å²) < 4.78 is 6.08. The Labute approximate surface area is 222 Å². The Morgan fingerprint density at radius 3 is 2.61 bits per heavy atom. The number of halogens is 2. The van der Waals surface area contributed by atoms with Gasteiger partial charge in [-0.2, -0.15) is 0 Å². The molecule has 0 bridgehead atoms. The Morgan fingerprint density at radius 1 is 1.00 bits per heavy atom. The maximum atomic E-state index is 13.9. The molecule has 1 aliphatic carbocycles. The first-order valence-corrected chi connectivity index (χ1v) is 13.3. The van der Waals surface area contributed by atoms with Gasteiger partial charge < -0.3 is 15.0 Å². The third-order valence-electron chi connectivity index (χ3n) is 6.78. The van der Waals surface area contributed by atoms with Gasteiger partial charge in [-0.3, -0.25) is 4.79 Å². The Balaban J connectivity index is 1.36. The number of amides is 1. The van der Waals surface area contributed by atoms with Crippen molar-refractivity contribution in [3.8, 4) is 5.75 Å². The van der Waals surface area contributed by atoms with Crippen molar-refractivity contribution in [1.82, 2.24) is 10.2 Å². The standard InChI is InChI=1S/C30H30Cl2N2O2/c31-28-11-5-9-23(29(28)32)20-34(24-12-13-24)30(35)27-19-33-16-14-26(27)22-8-4-10-25(18-22)36-17-15-21-6-2-1-3-7-21/h1-11,18,24,33H,12-17,19-20H2. The van der Waals surface area contributed by atoms with Crippen molar-refractivity contribution in [3.63, 3.8) is 0 Å². The second kappa shape index (κ2) is 11.5. The molecular formula is C30H30Cl2N2O2. The van der Waals surface area contributed by atoms with Gasteiger partial charge in [0, 0.05) is 31.1 Å². The molecule has 186 valence electrons. The zero-order valence-corrected chi connectivity index (χ0v) is 21.7. The highest BCUT2D eigenvalue weighted by Crippen LogP contribution is 2.35. The molecule has 3 aromatic carbocycles. The van der Waals surface area contributed by atoms with Gasteiger partial charge >= 0.3 is 0 Å². The van der Waals surface area contributed by atoms with E-state index in [2.05, 4.69) is 29.6 Å². The van der Waals surface area contributed by atoms with Crippen LogP contribution in [-0.4, -0.2) is 36.5 Å². The van der Waals surface area contributed by atoms with Crippen molar-refractivity contribution in [1.29, 1.82) is 0 Å². The van der Waals surface area contributed by atoms with Gasteiger partial charge in [-0.05, 0) is 66.3 Å². The molecule has 1 aliphatic heterocycles. The lowest BCUT2D eigenvalue weighted by Gasteiger charge is -2.28. The number of nitrogens with one attached hydrogen (secondary N) is 1. The van der Waals surface area contributed by atoms with Crippen molar-refractivity contribution in [3.05, 3.63) is 105 Å². The number of rotatable bonds is 9. The fourth-order valence-electron chi connectivity index (χ4n) is 4.69. The van der Waals surface area contributed by atoms with Gasteiger partial charge in [-0.25, -0.2) is 0 Å². The summed E-state index contributed by atoms with van der Waals surface area (Å²) in [6.07, 6.45) is 3.68. The summed E-state index contributed by atoms with van der Waals surface area (Å²) in [5, 5.41) is 4.43. The Hall–Kier alpha value is -2.79. The summed E-state index contributed by atoms with van der Waals surface area (Å²) in [4.78, 5) is 15.9. The molecule has 0 spiro atoms. The number of hydrogen-bond donors (Lipinski definition) is 1. The third-order valence-corrected chi connectivity index (χ3v) is 7.64. The first-order valence-electron chi connectivity index (χ1n) is 12.5. The molecule has 1 N–H and O–H groups in total. The van der Waals surface area contributed by atoms with Crippen LogP contribution in [0.5, 0.6) is 5.75 Å². The molecule has 0 atom stereocenters. The number of carbonyl (C=O) groups is 1. The van der Waals surface area contributed by atoms with E-state index in [9.17, 15) is 4.79 Å². The van der Waals surface area contributed by atoms with Crippen molar-refractivity contribution in [2.45, 2.75) is 38.3 Å². The highest BCUT2D eigenvalue weighted by atomic mass is 35.5. The van der Waals surface area contributed by atoms with Crippen molar-refractivity contribution in [2.75, 3.05) is 19.7 Å². The Bertz CT molecular complexity index is 1250. The van der Waals surface area contributed by atoms with Crippen LogP contribution in [0.15, 0.2) is 78.4 Å². The first-order chi connectivity index (χ1) is 17.6. The number of nitrogens with zero attached hydrogens (tertiary/aromatic N) is 1. The van der Waals surface area contributed by atoms with Crippen LogP contribution in [0.2, 0.25) is 10.0 Å². The van der Waals surface area contributed by atoms with Gasteiger partial charge in [-0.15, -0.1) is 0 Å². The summed E-state index contributed by atoms with van der Waals surface area (Å²) in [6, 6.07) is 24.3. The molecular weight excluding hydrogens is 491 g/mol. The second-order valence-corrected chi connectivity index (χ2v) is 10.2. The fourth-order valence-corrected chi connectivity index (χ4v) is 5.07. The van der Waals surface area contributed by atoms with E-state index >= 15 is 0 Å². The summed E-state index contributed by atoms with van der Waals surface area (Å²) in [5.74, 6) is 0.900. The first kappa shape index (κ1) is 24.9. The van der Waals surface area contributed by atoms with E-state index in [-0.39, 0.29) is 11.9 Å². The molecule has 36 heavy (non-hydrogen) atoms. The summed E-state index contributed by atoms with van der Waals surface area (Å²) in [5.41, 5.74) is 5.10. The maximum Gasteiger partial charge on any atom is 0.251 e. The van der Waals surface area contributed by atoms with Crippen LogP contribution in [0.25, 0.3) is 5.57 Å². The average molecular weight is 521 g/mol. The quantitative estimate of drug-likeness (QED) is 0.347. The Morgan fingerprint density at radius 2 is 1.81 bits per heavy atom. The Kier molecular flexibility index (Phi) is 7.96. The van der Waals surface area contributed by atoms with Gasteiger partial charge in [0.05, 0.1) is 16.7 Å². The van der Waals surface area contributed by atoms with Crippen LogP contribution in [0, 0.1) is 0 Å². The fraction of sp³-hybridized carbons (Fsp3) is 0.300. The molecule has 3 aromatic rings. The second-order valence-electron chi connectivity index (χ2n) is 9.37. The van der Waals surface area contributed by atoms with Gasteiger partial charge in [0.2, 0.25) is 0 Å². The van der Waals surface area contributed by atoms with Crippen molar-refractivity contribution in [2.24, 2.45) is 0 Å². The minimum absolute atomic E-state index is 0.0751. The summed E-state index contributed by atoms with van der Waals surface area (Å²) in [7, 11) is 0. The molecule has 6 heteroatoms. The molecule has 0 radical (unpaired) electrons. The average Bonchev–Trinajstić information content (AvgIpc) is 3.75. The van der Waals surface area contributed by atoms with E-state index in [1.807, 2.05) is 47.4 Å². The number of hydrogen-bond acceptors (Lipinski definition) is 3. The smallest absolute Gasteiger partial charge is 0.251 e. The highest BCUT2D eigenvalue weighted by Gasteiger charge is 2.35. The van der Waals surface area contributed by atoms with E-state index in [1.165, 1.54) is 5.56 Å². The summed E-state index contributed by atoms with van der Waals surface area (Å²) in [6.45, 7) is 2.46. The normalized spacial score (nSPS) is 15.6. The highest BCUT2D eigenvalue weighted by molar-refractivity contribution is 6.42.